The van der Waals surface area contributed by atoms with Gasteiger partial charge in [-0.25, -0.2) is 4.98 Å². The zero-order chi connectivity index (χ0) is 18.0. The zero-order valence-electron chi connectivity index (χ0n) is 14.3. The molecule has 0 radical (unpaired) electrons. The molecule has 5 nitrogen and oxygen atoms in total. The van der Waals surface area contributed by atoms with Crippen LogP contribution in [0.2, 0.25) is 0 Å². The van der Waals surface area contributed by atoms with Gasteiger partial charge in [-0.15, -0.1) is 0 Å². The molecule has 0 bridgehead atoms. The third-order valence-electron chi connectivity index (χ3n) is 3.55. The first-order valence-electron chi connectivity index (χ1n) is 8.39. The third kappa shape index (κ3) is 5.47. The molecule has 26 heavy (non-hydrogen) atoms. The number of pyridine rings is 1. The fraction of sp³-hybridized carbons (Fsp3) is 0.200. The van der Waals surface area contributed by atoms with E-state index in [2.05, 4.69) is 10.3 Å². The van der Waals surface area contributed by atoms with Crippen LogP contribution in [0.3, 0.4) is 0 Å². The van der Waals surface area contributed by atoms with E-state index in [0.717, 1.165) is 17.1 Å². The summed E-state index contributed by atoms with van der Waals surface area (Å²) in [6, 6.07) is 17.2. The van der Waals surface area contributed by atoms with Crippen molar-refractivity contribution in [3.8, 4) is 0 Å². The minimum absolute atomic E-state index is 0.123. The van der Waals surface area contributed by atoms with Gasteiger partial charge in [0.1, 0.15) is 17.4 Å². The van der Waals surface area contributed by atoms with Crippen molar-refractivity contribution < 1.29 is 13.9 Å². The number of hydrogen-bond acceptors (Lipinski definition) is 5. The molecule has 0 aliphatic rings. The molecule has 0 aliphatic heterocycles. The minimum Gasteiger partial charge on any atom is -0.467 e. The summed E-state index contributed by atoms with van der Waals surface area (Å²) in [7, 11) is 0. The van der Waals surface area contributed by atoms with Crippen molar-refractivity contribution in [2.45, 2.75) is 22.9 Å². The van der Waals surface area contributed by atoms with Gasteiger partial charge in [-0.3, -0.25) is 4.79 Å². The monoisotopic (exact) mass is 368 g/mol. The van der Waals surface area contributed by atoms with Crippen LogP contribution in [-0.2, 0) is 11.3 Å². The lowest BCUT2D eigenvalue weighted by molar-refractivity contribution is 0.0914. The topological polar surface area (TPSA) is 64.4 Å². The molecule has 134 valence electrons. The molecule has 2 heterocycles. The standard InChI is InChI=1S/C20H20N2O3S/c23-19(21-12-6-13-24-15-16-7-5-14-25-16)18-10-4-11-22-20(18)26-17-8-2-1-3-9-17/h1-5,7-11,14H,6,12-13,15H2,(H,21,23). The lowest BCUT2D eigenvalue weighted by Gasteiger charge is -2.09. The van der Waals surface area contributed by atoms with Crippen LogP contribution in [0.1, 0.15) is 22.5 Å². The molecule has 1 aromatic carbocycles. The van der Waals surface area contributed by atoms with Gasteiger partial charge in [0.15, 0.2) is 0 Å². The van der Waals surface area contributed by atoms with Gasteiger partial charge < -0.3 is 14.5 Å². The Bertz CT molecular complexity index is 807. The van der Waals surface area contributed by atoms with Crippen LogP contribution >= 0.6 is 11.8 Å². The summed E-state index contributed by atoms with van der Waals surface area (Å²) in [5, 5.41) is 3.62. The van der Waals surface area contributed by atoms with Gasteiger partial charge in [0.25, 0.3) is 5.91 Å². The van der Waals surface area contributed by atoms with Crippen molar-refractivity contribution in [1.29, 1.82) is 0 Å². The van der Waals surface area contributed by atoms with E-state index in [9.17, 15) is 4.79 Å². The highest BCUT2D eigenvalue weighted by Crippen LogP contribution is 2.28. The molecule has 6 heteroatoms. The van der Waals surface area contributed by atoms with Crippen molar-refractivity contribution in [2.24, 2.45) is 0 Å². The molecular weight excluding hydrogens is 348 g/mol. The lowest BCUT2D eigenvalue weighted by atomic mass is 10.2. The number of hydrogen-bond donors (Lipinski definition) is 1. The summed E-state index contributed by atoms with van der Waals surface area (Å²) in [6.45, 7) is 1.54. The summed E-state index contributed by atoms with van der Waals surface area (Å²) in [6.07, 6.45) is 4.05. The van der Waals surface area contributed by atoms with Crippen LogP contribution in [0.15, 0.2) is 81.4 Å². The molecule has 0 spiro atoms. The molecule has 0 saturated carbocycles. The maximum absolute atomic E-state index is 12.5. The molecule has 0 saturated heterocycles. The van der Waals surface area contributed by atoms with Gasteiger partial charge in [-0.2, -0.15) is 0 Å². The van der Waals surface area contributed by atoms with Crippen molar-refractivity contribution in [1.82, 2.24) is 10.3 Å². The van der Waals surface area contributed by atoms with Gasteiger partial charge >= 0.3 is 0 Å². The molecular formula is C20H20N2O3S. The fourth-order valence-corrected chi connectivity index (χ4v) is 3.18. The van der Waals surface area contributed by atoms with E-state index in [0.29, 0.717) is 30.3 Å². The highest BCUT2D eigenvalue weighted by atomic mass is 32.2. The maximum Gasteiger partial charge on any atom is 0.254 e. The Labute approximate surface area is 156 Å². The number of carbonyl (C=O) groups excluding carboxylic acids is 1. The van der Waals surface area contributed by atoms with E-state index in [-0.39, 0.29) is 5.91 Å². The van der Waals surface area contributed by atoms with Crippen molar-refractivity contribution >= 4 is 17.7 Å². The lowest BCUT2D eigenvalue weighted by Crippen LogP contribution is -2.26. The number of furan rings is 1. The Balaban J connectivity index is 1.45. The number of amides is 1. The van der Waals surface area contributed by atoms with Crippen molar-refractivity contribution in [3.05, 3.63) is 78.4 Å². The number of aromatic nitrogens is 1. The average molecular weight is 368 g/mol. The Morgan fingerprint density at radius 2 is 2.00 bits per heavy atom. The molecule has 0 unspecified atom stereocenters. The van der Waals surface area contributed by atoms with E-state index >= 15 is 0 Å². The summed E-state index contributed by atoms with van der Waals surface area (Å²) in [5.74, 6) is 0.675. The molecule has 1 amide bonds. The first-order valence-corrected chi connectivity index (χ1v) is 9.21. The fourth-order valence-electron chi connectivity index (χ4n) is 2.28. The summed E-state index contributed by atoms with van der Waals surface area (Å²) in [4.78, 5) is 17.9. The molecule has 2 aromatic heterocycles. The average Bonchev–Trinajstić information content (AvgIpc) is 3.19. The van der Waals surface area contributed by atoms with E-state index in [1.54, 1.807) is 24.6 Å². The second kappa shape index (κ2) is 9.79. The predicted molar refractivity (Wildman–Crippen MR) is 100 cm³/mol. The highest BCUT2D eigenvalue weighted by molar-refractivity contribution is 7.99. The second-order valence-electron chi connectivity index (χ2n) is 5.51. The Kier molecular flexibility index (Phi) is 6.87. The van der Waals surface area contributed by atoms with Crippen LogP contribution in [-0.4, -0.2) is 24.0 Å². The van der Waals surface area contributed by atoms with Crippen LogP contribution in [0.25, 0.3) is 0 Å². The maximum atomic E-state index is 12.5. The molecule has 1 N–H and O–H groups in total. The largest absolute Gasteiger partial charge is 0.467 e. The summed E-state index contributed by atoms with van der Waals surface area (Å²) < 4.78 is 10.7. The molecule has 3 rings (SSSR count). The predicted octanol–water partition coefficient (Wildman–Crippen LogP) is 4.16. The third-order valence-corrected chi connectivity index (χ3v) is 4.58. The first-order chi connectivity index (χ1) is 12.8. The quantitative estimate of drug-likeness (QED) is 0.575. The Morgan fingerprint density at radius 1 is 1.12 bits per heavy atom. The number of benzene rings is 1. The van der Waals surface area contributed by atoms with E-state index < -0.39 is 0 Å². The van der Waals surface area contributed by atoms with Crippen LogP contribution in [0.5, 0.6) is 0 Å². The van der Waals surface area contributed by atoms with Gasteiger partial charge in [-0.1, -0.05) is 30.0 Å². The minimum atomic E-state index is -0.123. The molecule has 0 atom stereocenters. The molecule has 3 aromatic rings. The van der Waals surface area contributed by atoms with E-state index in [4.69, 9.17) is 9.15 Å². The molecule has 0 fully saturated rings. The van der Waals surface area contributed by atoms with Crippen LogP contribution in [0.4, 0.5) is 0 Å². The number of carbonyl (C=O) groups is 1. The molecule has 0 aliphatic carbocycles. The van der Waals surface area contributed by atoms with Crippen LogP contribution < -0.4 is 5.32 Å². The Hall–Kier alpha value is -2.57. The van der Waals surface area contributed by atoms with Gasteiger partial charge in [0.05, 0.1) is 11.8 Å². The number of rotatable bonds is 9. The SMILES string of the molecule is O=C(NCCCOCc1ccco1)c1cccnc1Sc1ccccc1. The van der Waals surface area contributed by atoms with Gasteiger partial charge in [0.2, 0.25) is 0 Å². The number of ether oxygens (including phenoxy) is 1. The normalized spacial score (nSPS) is 10.6. The van der Waals surface area contributed by atoms with E-state index in [1.807, 2.05) is 42.5 Å². The van der Waals surface area contributed by atoms with Gasteiger partial charge in [-0.05, 0) is 42.8 Å². The van der Waals surface area contributed by atoms with Crippen molar-refractivity contribution in [2.75, 3.05) is 13.2 Å². The number of nitrogens with zero attached hydrogens (tertiary/aromatic N) is 1. The summed E-state index contributed by atoms with van der Waals surface area (Å²) >= 11 is 1.48. The highest BCUT2D eigenvalue weighted by Gasteiger charge is 2.12. The van der Waals surface area contributed by atoms with Crippen molar-refractivity contribution in [3.63, 3.8) is 0 Å². The first kappa shape index (κ1) is 18.2. The second-order valence-corrected chi connectivity index (χ2v) is 6.57. The Morgan fingerprint density at radius 3 is 2.81 bits per heavy atom. The van der Waals surface area contributed by atoms with Gasteiger partial charge in [0, 0.05) is 24.2 Å². The van der Waals surface area contributed by atoms with E-state index in [1.165, 1.54) is 11.8 Å². The van der Waals surface area contributed by atoms with Crippen LogP contribution in [0, 0.1) is 0 Å². The zero-order valence-corrected chi connectivity index (χ0v) is 15.1. The summed E-state index contributed by atoms with van der Waals surface area (Å²) in [5.41, 5.74) is 0.581. The number of nitrogens with one attached hydrogen (secondary N) is 1. The smallest absolute Gasteiger partial charge is 0.254 e.